The number of rotatable bonds is 5. The maximum Gasteiger partial charge on any atom is 0.285 e. The highest BCUT2D eigenvalue weighted by Crippen LogP contribution is 2.30. The largest absolute Gasteiger partial charge is 0.494 e. The zero-order chi connectivity index (χ0) is 17.9. The van der Waals surface area contributed by atoms with Gasteiger partial charge in [0.15, 0.2) is 0 Å². The van der Waals surface area contributed by atoms with Gasteiger partial charge in [-0.15, -0.1) is 0 Å². The second-order valence-electron chi connectivity index (χ2n) is 4.82. The van der Waals surface area contributed by atoms with Crippen molar-refractivity contribution in [1.82, 2.24) is 0 Å². The van der Waals surface area contributed by atoms with Crippen molar-refractivity contribution in [2.75, 3.05) is 12.4 Å². The van der Waals surface area contributed by atoms with Gasteiger partial charge in [0.1, 0.15) is 11.3 Å². The molecule has 0 saturated heterocycles. The number of hydrogen-bond acceptors (Lipinski definition) is 6. The van der Waals surface area contributed by atoms with Gasteiger partial charge in [-0.3, -0.25) is 25.0 Å². The molecule has 0 radical (unpaired) electrons. The molecule has 2 aromatic rings. The summed E-state index contributed by atoms with van der Waals surface area (Å²) in [5, 5.41) is 24.4. The van der Waals surface area contributed by atoms with E-state index in [-0.39, 0.29) is 28.4 Å². The first kappa shape index (κ1) is 16.9. The number of hydrogen-bond donors (Lipinski definition) is 1. The molecule has 0 heterocycles. The first-order valence-electron chi connectivity index (χ1n) is 6.73. The molecule has 24 heavy (non-hydrogen) atoms. The predicted molar refractivity (Wildman–Crippen MR) is 85.4 cm³/mol. The molecule has 0 aliphatic heterocycles. The lowest BCUT2D eigenvalue weighted by molar-refractivity contribution is -0.385. The summed E-state index contributed by atoms with van der Waals surface area (Å²) >= 11 is 0. The Morgan fingerprint density at radius 1 is 1.12 bits per heavy atom. The summed E-state index contributed by atoms with van der Waals surface area (Å²) < 4.78 is 5.02. The van der Waals surface area contributed by atoms with Crippen LogP contribution in [0, 0.1) is 27.2 Å². The van der Waals surface area contributed by atoms with Crippen molar-refractivity contribution in [2.45, 2.75) is 6.92 Å². The van der Waals surface area contributed by atoms with Gasteiger partial charge >= 0.3 is 0 Å². The van der Waals surface area contributed by atoms with Crippen molar-refractivity contribution in [3.05, 3.63) is 67.8 Å². The van der Waals surface area contributed by atoms with E-state index in [1.165, 1.54) is 44.4 Å². The summed E-state index contributed by atoms with van der Waals surface area (Å²) in [6.45, 7) is 1.53. The van der Waals surface area contributed by atoms with Crippen molar-refractivity contribution in [3.8, 4) is 5.75 Å². The van der Waals surface area contributed by atoms with Crippen LogP contribution < -0.4 is 10.1 Å². The minimum Gasteiger partial charge on any atom is -0.494 e. The molecule has 2 aromatic carbocycles. The monoisotopic (exact) mass is 331 g/mol. The number of nitrogens with zero attached hydrogens (tertiary/aromatic N) is 2. The van der Waals surface area contributed by atoms with Crippen molar-refractivity contribution < 1.29 is 19.4 Å². The van der Waals surface area contributed by atoms with Crippen LogP contribution in [0.15, 0.2) is 36.4 Å². The van der Waals surface area contributed by atoms with Crippen LogP contribution in [-0.2, 0) is 0 Å². The highest BCUT2D eigenvalue weighted by atomic mass is 16.6. The fourth-order valence-electron chi connectivity index (χ4n) is 2.17. The van der Waals surface area contributed by atoms with Crippen molar-refractivity contribution >= 4 is 23.0 Å². The lowest BCUT2D eigenvalue weighted by Gasteiger charge is -2.10. The molecule has 0 aliphatic carbocycles. The van der Waals surface area contributed by atoms with Crippen LogP contribution in [0.25, 0.3) is 0 Å². The maximum atomic E-state index is 12.4. The van der Waals surface area contributed by atoms with Gasteiger partial charge < -0.3 is 10.1 Å². The summed E-state index contributed by atoms with van der Waals surface area (Å²) in [4.78, 5) is 33.1. The molecule has 1 N–H and O–H groups in total. The zero-order valence-corrected chi connectivity index (χ0v) is 12.8. The standard InChI is InChI=1S/C15H13N3O6/c1-9-4-3-5-11(14(9)18(22)23)15(19)16-12-7-6-10(17(20)21)8-13(12)24-2/h3-8H,1-2H3,(H,16,19). The quantitative estimate of drug-likeness (QED) is 0.663. The molecular formula is C15H13N3O6. The number of nitro benzene ring substituents is 2. The molecule has 0 bridgehead atoms. The second kappa shape index (κ2) is 6.73. The van der Waals surface area contributed by atoms with Gasteiger partial charge in [0.25, 0.3) is 17.3 Å². The van der Waals surface area contributed by atoms with Crippen molar-refractivity contribution in [1.29, 1.82) is 0 Å². The molecule has 0 aliphatic rings. The van der Waals surface area contributed by atoms with Gasteiger partial charge in [-0.2, -0.15) is 0 Å². The Hall–Kier alpha value is -3.49. The fourth-order valence-corrected chi connectivity index (χ4v) is 2.17. The number of methoxy groups -OCH3 is 1. The molecule has 0 atom stereocenters. The number of benzene rings is 2. The third kappa shape index (κ3) is 3.29. The third-order valence-corrected chi connectivity index (χ3v) is 3.31. The lowest BCUT2D eigenvalue weighted by atomic mass is 10.1. The van der Waals surface area contributed by atoms with Gasteiger partial charge in [0.05, 0.1) is 28.7 Å². The number of nitro groups is 2. The molecule has 2 rings (SSSR count). The van der Waals surface area contributed by atoms with E-state index in [1.807, 2.05) is 0 Å². The molecule has 0 fully saturated rings. The van der Waals surface area contributed by atoms with Crippen LogP contribution in [0.1, 0.15) is 15.9 Å². The highest BCUT2D eigenvalue weighted by molar-refractivity contribution is 6.08. The number of para-hydroxylation sites is 1. The van der Waals surface area contributed by atoms with E-state index in [0.29, 0.717) is 5.56 Å². The number of ether oxygens (including phenoxy) is 1. The summed E-state index contributed by atoms with van der Waals surface area (Å²) in [7, 11) is 1.30. The normalized spacial score (nSPS) is 10.1. The average Bonchev–Trinajstić information content (AvgIpc) is 2.54. The van der Waals surface area contributed by atoms with Crippen LogP contribution in [0.2, 0.25) is 0 Å². The van der Waals surface area contributed by atoms with Crippen molar-refractivity contribution in [2.24, 2.45) is 0 Å². The Morgan fingerprint density at radius 3 is 2.42 bits per heavy atom. The summed E-state index contributed by atoms with van der Waals surface area (Å²) in [6, 6.07) is 8.05. The number of carbonyl (C=O) groups is 1. The number of anilines is 1. The number of non-ortho nitro benzene ring substituents is 1. The Kier molecular flexibility index (Phi) is 4.73. The summed E-state index contributed by atoms with van der Waals surface area (Å²) in [5.41, 5.74) is -0.0881. The molecular weight excluding hydrogens is 318 g/mol. The molecule has 0 aromatic heterocycles. The van der Waals surface area contributed by atoms with E-state index in [1.54, 1.807) is 0 Å². The lowest BCUT2D eigenvalue weighted by Crippen LogP contribution is -2.15. The number of carbonyl (C=O) groups excluding carboxylic acids is 1. The minimum absolute atomic E-state index is 0.0767. The van der Waals surface area contributed by atoms with Crippen LogP contribution in [0.3, 0.4) is 0 Å². The van der Waals surface area contributed by atoms with E-state index in [4.69, 9.17) is 4.74 Å². The number of aryl methyl sites for hydroxylation is 1. The van der Waals surface area contributed by atoms with E-state index in [9.17, 15) is 25.0 Å². The van der Waals surface area contributed by atoms with Gasteiger partial charge in [-0.05, 0) is 19.1 Å². The first-order valence-corrected chi connectivity index (χ1v) is 6.73. The Morgan fingerprint density at radius 2 is 1.83 bits per heavy atom. The second-order valence-corrected chi connectivity index (χ2v) is 4.82. The Labute approximate surface area is 136 Å². The third-order valence-electron chi connectivity index (χ3n) is 3.31. The molecule has 124 valence electrons. The van der Waals surface area contributed by atoms with E-state index in [0.717, 1.165) is 6.07 Å². The molecule has 9 heteroatoms. The molecule has 0 spiro atoms. The molecule has 0 saturated carbocycles. The average molecular weight is 331 g/mol. The van der Waals surface area contributed by atoms with Crippen LogP contribution in [-0.4, -0.2) is 22.9 Å². The van der Waals surface area contributed by atoms with E-state index < -0.39 is 15.8 Å². The van der Waals surface area contributed by atoms with Crippen LogP contribution in [0.4, 0.5) is 17.1 Å². The minimum atomic E-state index is -0.711. The first-order chi connectivity index (χ1) is 11.3. The number of amides is 1. The molecule has 9 nitrogen and oxygen atoms in total. The van der Waals surface area contributed by atoms with Crippen molar-refractivity contribution in [3.63, 3.8) is 0 Å². The van der Waals surface area contributed by atoms with Crippen LogP contribution in [0.5, 0.6) is 5.75 Å². The maximum absolute atomic E-state index is 12.4. The van der Waals surface area contributed by atoms with E-state index >= 15 is 0 Å². The Balaban J connectivity index is 2.39. The Bertz CT molecular complexity index is 834. The highest BCUT2D eigenvalue weighted by Gasteiger charge is 2.23. The van der Waals surface area contributed by atoms with E-state index in [2.05, 4.69) is 5.32 Å². The fraction of sp³-hybridized carbons (Fsp3) is 0.133. The SMILES string of the molecule is COc1cc([N+](=O)[O-])ccc1NC(=O)c1cccc(C)c1[N+](=O)[O-]. The predicted octanol–water partition coefficient (Wildman–Crippen LogP) is 3.07. The van der Waals surface area contributed by atoms with Gasteiger partial charge in [0.2, 0.25) is 0 Å². The smallest absolute Gasteiger partial charge is 0.285 e. The van der Waals surface area contributed by atoms with Gasteiger partial charge in [-0.25, -0.2) is 0 Å². The zero-order valence-electron chi connectivity index (χ0n) is 12.8. The molecule has 1 amide bonds. The topological polar surface area (TPSA) is 125 Å². The summed E-state index contributed by atoms with van der Waals surface area (Å²) in [5.74, 6) is -0.634. The van der Waals surface area contributed by atoms with Crippen LogP contribution >= 0.6 is 0 Å². The van der Waals surface area contributed by atoms with Gasteiger partial charge in [-0.1, -0.05) is 12.1 Å². The molecule has 0 unspecified atom stereocenters. The summed E-state index contributed by atoms with van der Waals surface area (Å²) in [6.07, 6.45) is 0. The number of nitrogens with one attached hydrogen (secondary N) is 1. The van der Waals surface area contributed by atoms with Gasteiger partial charge in [0, 0.05) is 11.6 Å².